The molecular formula is C17H28ClN3O5S. The van der Waals surface area contributed by atoms with E-state index in [0.717, 1.165) is 0 Å². The van der Waals surface area contributed by atoms with E-state index >= 15 is 0 Å². The van der Waals surface area contributed by atoms with Crippen molar-refractivity contribution in [1.29, 1.82) is 0 Å². The van der Waals surface area contributed by atoms with Crippen LogP contribution in [0.3, 0.4) is 0 Å². The molecular weight excluding hydrogens is 394 g/mol. The van der Waals surface area contributed by atoms with Crippen LogP contribution in [0.5, 0.6) is 11.5 Å². The van der Waals surface area contributed by atoms with Crippen LogP contribution in [0.4, 0.5) is 0 Å². The summed E-state index contributed by atoms with van der Waals surface area (Å²) in [4.78, 5) is 13.7. The molecule has 27 heavy (non-hydrogen) atoms. The maximum absolute atomic E-state index is 12.9. The molecule has 1 heterocycles. The summed E-state index contributed by atoms with van der Waals surface area (Å²) in [5.74, 6) is 0.891. The number of piperazine rings is 1. The average Bonchev–Trinajstić information content (AvgIpc) is 2.64. The molecule has 1 amide bonds. The van der Waals surface area contributed by atoms with Crippen molar-refractivity contribution in [3.63, 3.8) is 0 Å². The van der Waals surface area contributed by atoms with Crippen molar-refractivity contribution in [2.75, 3.05) is 45.9 Å². The first-order chi connectivity index (χ1) is 12.4. The van der Waals surface area contributed by atoms with Crippen LogP contribution in [0.1, 0.15) is 20.3 Å². The predicted molar refractivity (Wildman–Crippen MR) is 105 cm³/mol. The molecule has 154 valence electrons. The van der Waals surface area contributed by atoms with E-state index in [1.807, 2.05) is 13.8 Å². The van der Waals surface area contributed by atoms with Gasteiger partial charge < -0.3 is 20.1 Å². The topological polar surface area (TPSA) is 102 Å². The smallest absolute Gasteiger partial charge is 0.243 e. The average molecular weight is 422 g/mol. The lowest BCUT2D eigenvalue weighted by Crippen LogP contribution is -2.50. The summed E-state index contributed by atoms with van der Waals surface area (Å²) in [6.07, 6.45) is 0.281. The molecule has 0 aromatic heterocycles. The van der Waals surface area contributed by atoms with E-state index < -0.39 is 10.0 Å². The molecule has 1 saturated heterocycles. The van der Waals surface area contributed by atoms with Crippen LogP contribution < -0.4 is 15.2 Å². The summed E-state index contributed by atoms with van der Waals surface area (Å²) < 4.78 is 38.2. The second-order valence-corrected chi connectivity index (χ2v) is 7.74. The molecule has 0 spiro atoms. The van der Waals surface area contributed by atoms with E-state index in [-0.39, 0.29) is 42.7 Å². The molecule has 0 saturated carbocycles. The van der Waals surface area contributed by atoms with Gasteiger partial charge in [-0.1, -0.05) is 0 Å². The van der Waals surface area contributed by atoms with Crippen LogP contribution in [-0.4, -0.2) is 69.5 Å². The minimum absolute atomic E-state index is 0. The number of nitrogens with zero attached hydrogens (tertiary/aromatic N) is 2. The third-order valence-electron chi connectivity index (χ3n) is 4.10. The standard InChI is InChI=1S/C17H27N3O5S.ClH/c1-3-24-15-6-5-14(13-16(15)25-4-2)26(22,23)20-11-9-19(10-12-20)17(21)7-8-18;/h5-6,13H,3-4,7-12,18H2,1-2H3;1H. The molecule has 8 nitrogen and oxygen atoms in total. The number of amides is 1. The van der Waals surface area contributed by atoms with Gasteiger partial charge in [-0.25, -0.2) is 8.42 Å². The Morgan fingerprint density at radius 1 is 1.07 bits per heavy atom. The third kappa shape index (κ3) is 5.71. The Morgan fingerprint density at radius 2 is 1.67 bits per heavy atom. The number of nitrogens with two attached hydrogens (primary N) is 1. The molecule has 1 aliphatic heterocycles. The second kappa shape index (κ2) is 10.7. The Balaban J connectivity index is 0.00000364. The Kier molecular flexibility index (Phi) is 9.31. The van der Waals surface area contributed by atoms with Crippen molar-refractivity contribution in [3.8, 4) is 11.5 Å². The van der Waals surface area contributed by atoms with Crippen molar-refractivity contribution >= 4 is 28.3 Å². The number of carbonyl (C=O) groups excluding carboxylic acids is 1. The fraction of sp³-hybridized carbons (Fsp3) is 0.588. The van der Waals surface area contributed by atoms with Crippen molar-refractivity contribution in [2.45, 2.75) is 25.2 Å². The van der Waals surface area contributed by atoms with Crippen molar-refractivity contribution < 1.29 is 22.7 Å². The normalized spacial score (nSPS) is 15.1. The summed E-state index contributed by atoms with van der Waals surface area (Å²) in [5.41, 5.74) is 5.41. The largest absolute Gasteiger partial charge is 0.490 e. The van der Waals surface area contributed by atoms with Gasteiger partial charge in [-0.15, -0.1) is 12.4 Å². The summed E-state index contributed by atoms with van der Waals surface area (Å²) in [6.45, 7) is 6.10. The molecule has 2 rings (SSSR count). The van der Waals surface area contributed by atoms with Gasteiger partial charge in [-0.3, -0.25) is 4.79 Å². The Morgan fingerprint density at radius 3 is 2.22 bits per heavy atom. The van der Waals surface area contributed by atoms with Crippen LogP contribution in [0.15, 0.2) is 23.1 Å². The molecule has 2 N–H and O–H groups in total. The van der Waals surface area contributed by atoms with Gasteiger partial charge in [0.25, 0.3) is 0 Å². The first-order valence-corrected chi connectivity index (χ1v) is 10.3. The first-order valence-electron chi connectivity index (χ1n) is 8.81. The van der Waals surface area contributed by atoms with E-state index in [1.165, 1.54) is 16.4 Å². The highest BCUT2D eigenvalue weighted by Crippen LogP contribution is 2.31. The Hall–Kier alpha value is -1.55. The molecule has 0 unspecified atom stereocenters. The van der Waals surface area contributed by atoms with E-state index in [4.69, 9.17) is 15.2 Å². The quantitative estimate of drug-likeness (QED) is 0.674. The van der Waals surface area contributed by atoms with Gasteiger partial charge >= 0.3 is 0 Å². The summed E-state index contributed by atoms with van der Waals surface area (Å²) >= 11 is 0. The van der Waals surface area contributed by atoms with E-state index in [2.05, 4.69) is 0 Å². The van der Waals surface area contributed by atoms with Gasteiger partial charge in [-0.05, 0) is 26.0 Å². The van der Waals surface area contributed by atoms with Gasteiger partial charge in [-0.2, -0.15) is 4.31 Å². The zero-order chi connectivity index (χ0) is 19.2. The minimum atomic E-state index is -3.66. The maximum Gasteiger partial charge on any atom is 0.243 e. The SMILES string of the molecule is CCOc1ccc(S(=O)(=O)N2CCN(C(=O)CCN)CC2)cc1OCC.Cl. The fourth-order valence-corrected chi connectivity index (χ4v) is 4.24. The maximum atomic E-state index is 12.9. The number of hydrogen-bond acceptors (Lipinski definition) is 6. The number of hydrogen-bond donors (Lipinski definition) is 1. The molecule has 0 radical (unpaired) electrons. The second-order valence-electron chi connectivity index (χ2n) is 5.80. The third-order valence-corrected chi connectivity index (χ3v) is 6.00. The van der Waals surface area contributed by atoms with Gasteiger partial charge in [0.05, 0.1) is 18.1 Å². The van der Waals surface area contributed by atoms with Gasteiger partial charge in [0, 0.05) is 45.2 Å². The molecule has 1 aromatic carbocycles. The first kappa shape index (κ1) is 23.5. The molecule has 0 aliphatic carbocycles. The van der Waals surface area contributed by atoms with Gasteiger partial charge in [0.2, 0.25) is 15.9 Å². The molecule has 1 aromatic rings. The number of carbonyl (C=O) groups is 1. The van der Waals surface area contributed by atoms with Crippen molar-refractivity contribution in [3.05, 3.63) is 18.2 Å². The van der Waals surface area contributed by atoms with Crippen LogP contribution in [-0.2, 0) is 14.8 Å². The van der Waals surface area contributed by atoms with Gasteiger partial charge in [0.15, 0.2) is 11.5 Å². The van der Waals surface area contributed by atoms with Crippen LogP contribution in [0, 0.1) is 0 Å². The Bertz CT molecular complexity index is 721. The molecule has 10 heteroatoms. The monoisotopic (exact) mass is 421 g/mol. The highest BCUT2D eigenvalue weighted by atomic mass is 35.5. The van der Waals surface area contributed by atoms with Gasteiger partial charge in [0.1, 0.15) is 0 Å². The van der Waals surface area contributed by atoms with E-state index in [1.54, 1.807) is 11.0 Å². The predicted octanol–water partition coefficient (Wildman–Crippen LogP) is 1.09. The molecule has 1 aliphatic rings. The lowest BCUT2D eigenvalue weighted by Gasteiger charge is -2.34. The molecule has 0 atom stereocenters. The number of ether oxygens (including phenoxy) is 2. The fourth-order valence-electron chi connectivity index (χ4n) is 2.80. The summed E-state index contributed by atoms with van der Waals surface area (Å²) in [6, 6.07) is 4.63. The zero-order valence-corrected chi connectivity index (χ0v) is 17.4. The van der Waals surface area contributed by atoms with Crippen molar-refractivity contribution in [1.82, 2.24) is 9.21 Å². The summed E-state index contributed by atoms with van der Waals surface area (Å²) in [5, 5.41) is 0. The lowest BCUT2D eigenvalue weighted by atomic mass is 10.3. The lowest BCUT2D eigenvalue weighted by molar-refractivity contribution is -0.132. The summed E-state index contributed by atoms with van der Waals surface area (Å²) in [7, 11) is -3.66. The van der Waals surface area contributed by atoms with E-state index in [0.29, 0.717) is 44.3 Å². The molecule has 1 fully saturated rings. The highest BCUT2D eigenvalue weighted by molar-refractivity contribution is 7.89. The number of sulfonamides is 1. The van der Waals surface area contributed by atoms with Crippen LogP contribution >= 0.6 is 12.4 Å². The Labute approximate surface area is 167 Å². The number of rotatable bonds is 8. The highest BCUT2D eigenvalue weighted by Gasteiger charge is 2.30. The van der Waals surface area contributed by atoms with Crippen LogP contribution in [0.2, 0.25) is 0 Å². The van der Waals surface area contributed by atoms with Crippen molar-refractivity contribution in [2.24, 2.45) is 5.73 Å². The zero-order valence-electron chi connectivity index (χ0n) is 15.7. The van der Waals surface area contributed by atoms with E-state index in [9.17, 15) is 13.2 Å². The number of benzene rings is 1. The minimum Gasteiger partial charge on any atom is -0.490 e. The molecule has 0 bridgehead atoms. The van der Waals surface area contributed by atoms with Crippen LogP contribution in [0.25, 0.3) is 0 Å². The number of halogens is 1.